The number of allylic oxidation sites excluding steroid dienone is 1. The Bertz CT molecular complexity index is 2860. The first-order valence-electron chi connectivity index (χ1n) is 21.5. The first-order chi connectivity index (χ1) is 35.0. The molecular weight excluding hydrogens is 1090 g/mol. The van der Waals surface area contributed by atoms with Crippen LogP contribution in [-0.4, -0.2) is 6.15 Å². The molecule has 1 nitrogen and oxygen atoms in total. The number of pyridine rings is 1. The maximum atomic E-state index is 14.2. The van der Waals surface area contributed by atoms with Gasteiger partial charge >= 0.3 is 49.4 Å². The molecule has 0 amide bonds. The van der Waals surface area contributed by atoms with Gasteiger partial charge in [0.15, 0.2) is 12.7 Å². The van der Waals surface area contributed by atoms with Crippen LogP contribution in [0.3, 0.4) is 0 Å². The van der Waals surface area contributed by atoms with Crippen LogP contribution in [0, 0.1) is 0 Å². The van der Waals surface area contributed by atoms with Crippen molar-refractivity contribution in [3.63, 3.8) is 0 Å². The Morgan fingerprint density at radius 2 is 0.623 bits per heavy atom. The van der Waals surface area contributed by atoms with Crippen molar-refractivity contribution in [1.82, 2.24) is 0 Å². The van der Waals surface area contributed by atoms with Gasteiger partial charge in [-0.25, -0.2) is 0 Å². The Morgan fingerprint density at radius 1 is 0.364 bits per heavy atom. The van der Waals surface area contributed by atoms with E-state index in [1.807, 2.05) is 6.07 Å². The first-order valence-corrected chi connectivity index (χ1v) is 21.5. The third kappa shape index (κ3) is 13.2. The lowest BCUT2D eigenvalue weighted by Gasteiger charge is -2.46. The minimum Gasteiger partial charge on any atom is -0.194 e. The fraction of sp³-hybridized carbons (Fsp3) is 0.196. The first kappa shape index (κ1) is 59.1. The monoisotopic (exact) mass is 1120 g/mol. The van der Waals surface area contributed by atoms with Gasteiger partial charge in [-0.2, -0.15) is 132 Å². The van der Waals surface area contributed by atoms with E-state index in [0.29, 0.717) is 0 Å². The van der Waals surface area contributed by atoms with Crippen LogP contribution >= 0.6 is 0 Å². The molecule has 7 aromatic rings. The normalized spacial score (nSPS) is 13.4. The van der Waals surface area contributed by atoms with Gasteiger partial charge < -0.3 is 0 Å². The molecular formula is C51H30BF24N. The average Bonchev–Trinajstić information content (AvgIpc) is 3.29. The number of hydrogen-bond donors (Lipinski definition) is 0. The van der Waals surface area contributed by atoms with Crippen LogP contribution in [0.2, 0.25) is 0 Å². The standard InChI is InChI=1S/C32H12BF24.C19H18N/c34-25(35,36)13-1-14(26(37,38)39)6-21(5-13)33(22-7-15(27(40,41)42)2-16(8-22)28(43,44)45,23-9-17(29(46,47)48)3-18(10-23)30(49,50)51)24-11-19(31(52,53)54)4-20(12-24)32(55,56)57;1-15(2)19-18-11-7-6-10-17(18)12-13-20(19)14-16-8-4-3-5-9-16/h1-12H;3-13H,1,14H2,2H3/q-1;+1. The summed E-state index contributed by atoms with van der Waals surface area (Å²) in [6.45, 7) is 7.10. The summed E-state index contributed by atoms with van der Waals surface area (Å²) < 4.78 is 343. The van der Waals surface area contributed by atoms with Crippen LogP contribution in [0.15, 0.2) is 146 Å². The molecule has 77 heavy (non-hydrogen) atoms. The molecule has 7 rings (SSSR count). The minimum atomic E-state index is -6.13. The summed E-state index contributed by atoms with van der Waals surface area (Å²) in [6.07, 6.45) is -52.7. The second kappa shape index (κ2) is 20.3. The Balaban J connectivity index is 0.000000397. The molecule has 0 fully saturated rings. The molecule has 0 aliphatic rings. The molecule has 0 aliphatic heterocycles. The molecule has 1 heterocycles. The van der Waals surface area contributed by atoms with Crippen molar-refractivity contribution in [1.29, 1.82) is 0 Å². The van der Waals surface area contributed by atoms with Gasteiger partial charge in [0.05, 0.1) is 49.9 Å². The van der Waals surface area contributed by atoms with Gasteiger partial charge in [0.2, 0.25) is 5.69 Å². The number of hydrogen-bond acceptors (Lipinski definition) is 0. The maximum Gasteiger partial charge on any atom is 0.416 e. The highest BCUT2D eigenvalue weighted by molar-refractivity contribution is 7.20. The Morgan fingerprint density at radius 3 is 0.883 bits per heavy atom. The molecule has 26 heteroatoms. The summed E-state index contributed by atoms with van der Waals surface area (Å²) in [6, 6.07) is 12.4. The highest BCUT2D eigenvalue weighted by atomic mass is 19.4. The molecule has 0 N–H and O–H groups in total. The molecule has 410 valence electrons. The van der Waals surface area contributed by atoms with Crippen LogP contribution in [0.5, 0.6) is 0 Å². The van der Waals surface area contributed by atoms with Crippen molar-refractivity contribution in [2.24, 2.45) is 0 Å². The molecule has 0 saturated carbocycles. The van der Waals surface area contributed by atoms with Crippen LogP contribution in [0.4, 0.5) is 105 Å². The van der Waals surface area contributed by atoms with Crippen molar-refractivity contribution >= 4 is 44.3 Å². The highest BCUT2D eigenvalue weighted by Gasteiger charge is 2.47. The number of alkyl halides is 24. The van der Waals surface area contributed by atoms with E-state index in [0.717, 1.165) is 12.1 Å². The molecule has 1 aromatic heterocycles. The molecule has 0 bridgehead atoms. The second-order valence-corrected chi connectivity index (χ2v) is 17.4. The highest BCUT2D eigenvalue weighted by Crippen LogP contribution is 2.41. The van der Waals surface area contributed by atoms with Gasteiger partial charge in [0.1, 0.15) is 6.15 Å². The fourth-order valence-electron chi connectivity index (χ4n) is 8.72. The van der Waals surface area contributed by atoms with Crippen molar-refractivity contribution in [3.05, 3.63) is 202 Å². The van der Waals surface area contributed by atoms with Gasteiger partial charge in [0, 0.05) is 17.2 Å². The summed E-state index contributed by atoms with van der Waals surface area (Å²) in [5.41, 5.74) is -26.6. The summed E-state index contributed by atoms with van der Waals surface area (Å²) >= 11 is 0. The second-order valence-electron chi connectivity index (χ2n) is 17.4. The molecule has 0 unspecified atom stereocenters. The lowest BCUT2D eigenvalue weighted by Crippen LogP contribution is -2.75. The maximum absolute atomic E-state index is 14.2. The van der Waals surface area contributed by atoms with E-state index in [9.17, 15) is 105 Å². The van der Waals surface area contributed by atoms with E-state index in [-0.39, 0.29) is 0 Å². The number of fused-ring (bicyclic) bond motifs is 1. The zero-order chi connectivity index (χ0) is 57.9. The lowest BCUT2D eigenvalue weighted by molar-refractivity contribution is -0.689. The minimum absolute atomic E-state index is 0.691. The van der Waals surface area contributed by atoms with Crippen molar-refractivity contribution < 1.29 is 110 Å². The lowest BCUT2D eigenvalue weighted by atomic mass is 9.12. The predicted octanol–water partition coefficient (Wildman–Crippen LogP) is 15.4. The average molecular weight is 1120 g/mol. The van der Waals surface area contributed by atoms with Crippen molar-refractivity contribution in [2.75, 3.05) is 0 Å². The van der Waals surface area contributed by atoms with E-state index in [2.05, 4.69) is 78.9 Å². The van der Waals surface area contributed by atoms with Crippen molar-refractivity contribution in [3.8, 4) is 0 Å². The number of rotatable bonds is 7. The molecule has 0 atom stereocenters. The summed E-state index contributed by atoms with van der Waals surface area (Å²) in [5.74, 6) is 0. The van der Waals surface area contributed by atoms with Gasteiger partial charge in [-0.3, -0.25) is 0 Å². The number of aromatic nitrogens is 1. The Kier molecular flexibility index (Phi) is 15.6. The van der Waals surface area contributed by atoms with Gasteiger partial charge in [-0.05, 0) is 42.6 Å². The Hall–Kier alpha value is -7.15. The van der Waals surface area contributed by atoms with Crippen LogP contribution in [0.1, 0.15) is 62.7 Å². The van der Waals surface area contributed by atoms with Crippen LogP contribution in [-0.2, 0) is 56.0 Å². The zero-order valence-electron chi connectivity index (χ0n) is 38.3. The summed E-state index contributed by atoms with van der Waals surface area (Å²) in [4.78, 5) is 0. The third-order valence-electron chi connectivity index (χ3n) is 12.0. The molecule has 0 saturated heterocycles. The van der Waals surface area contributed by atoms with Gasteiger partial charge in [0.25, 0.3) is 0 Å². The zero-order valence-corrected chi connectivity index (χ0v) is 38.3. The molecule has 0 spiro atoms. The molecule has 6 aromatic carbocycles. The summed E-state index contributed by atoms with van der Waals surface area (Å²) in [7, 11) is 0. The van der Waals surface area contributed by atoms with Crippen molar-refractivity contribution in [2.45, 2.75) is 62.9 Å². The number of halogens is 24. The topological polar surface area (TPSA) is 3.88 Å². The quantitative estimate of drug-likeness (QED) is 0.0851. The van der Waals surface area contributed by atoms with Crippen LogP contribution < -0.4 is 26.4 Å². The van der Waals surface area contributed by atoms with E-state index < -0.39 is 195 Å². The third-order valence-corrected chi connectivity index (χ3v) is 12.0. The van der Waals surface area contributed by atoms with Gasteiger partial charge in [-0.1, -0.05) is 104 Å². The number of nitrogens with zero attached hydrogens (tertiary/aromatic N) is 1. The fourth-order valence-corrected chi connectivity index (χ4v) is 8.72. The van der Waals surface area contributed by atoms with E-state index in [1.165, 1.54) is 22.0 Å². The predicted molar refractivity (Wildman–Crippen MR) is 234 cm³/mol. The van der Waals surface area contributed by atoms with Crippen LogP contribution in [0.25, 0.3) is 16.3 Å². The summed E-state index contributed by atoms with van der Waals surface area (Å²) in [5, 5.41) is 2.52. The van der Waals surface area contributed by atoms with E-state index in [4.69, 9.17) is 0 Å². The molecule has 0 radical (unpaired) electrons. The smallest absolute Gasteiger partial charge is 0.194 e. The number of benzene rings is 6. The molecule has 0 aliphatic carbocycles. The Labute approximate surface area is 418 Å². The van der Waals surface area contributed by atoms with E-state index >= 15 is 0 Å². The largest absolute Gasteiger partial charge is 0.416 e. The van der Waals surface area contributed by atoms with E-state index in [1.54, 1.807) is 0 Å². The SMILES string of the molecule is C=C(C)c1c2ccccc2cc[n+]1Cc1ccccc1.FC(F)(F)c1cc([B-](c2cc(C(F)(F)F)cc(C(F)(F)F)c2)(c2cc(C(F)(F)F)cc(C(F)(F)F)c2)c2cc(C(F)(F)F)cc(C(F)(F)F)c2)cc(C(F)(F)F)c1. The van der Waals surface area contributed by atoms with Gasteiger partial charge in [-0.15, -0.1) is 0 Å².